The zero-order valence-corrected chi connectivity index (χ0v) is 15.6. The van der Waals surface area contributed by atoms with Crippen LogP contribution in [0.5, 0.6) is 0 Å². The zero-order valence-electron chi connectivity index (χ0n) is 15.6. The van der Waals surface area contributed by atoms with Crippen LogP contribution in [0.15, 0.2) is 41.7 Å². The molecule has 7 heteroatoms. The number of aromatic nitrogens is 1. The first kappa shape index (κ1) is 18.7. The van der Waals surface area contributed by atoms with E-state index in [0.29, 0.717) is 31.9 Å². The normalized spacial score (nSPS) is 14.1. The minimum atomic E-state index is -0.293. The molecule has 0 radical (unpaired) electrons. The predicted octanol–water partition coefficient (Wildman–Crippen LogP) is 1.24. The van der Waals surface area contributed by atoms with E-state index in [1.807, 2.05) is 43.3 Å². The first-order valence-electron chi connectivity index (χ1n) is 8.84. The van der Waals surface area contributed by atoms with Gasteiger partial charge in [-0.3, -0.25) is 9.59 Å². The molecule has 2 heterocycles. The van der Waals surface area contributed by atoms with E-state index in [4.69, 9.17) is 0 Å². The lowest BCUT2D eigenvalue weighted by Crippen LogP contribution is -2.56. The van der Waals surface area contributed by atoms with Crippen molar-refractivity contribution in [3.05, 3.63) is 52.8 Å². The fourth-order valence-electron chi connectivity index (χ4n) is 3.27. The molecule has 1 fully saturated rings. The van der Waals surface area contributed by atoms with Crippen LogP contribution >= 0.6 is 0 Å². The Morgan fingerprint density at radius 2 is 2.11 bits per heavy atom. The number of hydrogen-bond acceptors (Lipinski definition) is 5. The molecule has 2 aromatic rings. The number of likely N-dealkylation sites (N-methyl/N-ethyl adjacent to an activating group) is 1. The van der Waals surface area contributed by atoms with Gasteiger partial charge in [0.15, 0.2) is 0 Å². The van der Waals surface area contributed by atoms with E-state index in [0.717, 1.165) is 10.9 Å². The van der Waals surface area contributed by atoms with Gasteiger partial charge in [-0.2, -0.15) is 5.26 Å². The number of likely N-dealkylation sites (tertiary alicyclic amines) is 1. The zero-order chi connectivity index (χ0) is 19.6. The van der Waals surface area contributed by atoms with Crippen LogP contribution in [0.4, 0.5) is 5.69 Å². The summed E-state index contributed by atoms with van der Waals surface area (Å²) in [5.41, 5.74) is 1.17. The summed E-state index contributed by atoms with van der Waals surface area (Å²) in [6.45, 7) is 5.74. The molecule has 27 heavy (non-hydrogen) atoms. The van der Waals surface area contributed by atoms with Crippen molar-refractivity contribution >= 4 is 22.5 Å². The summed E-state index contributed by atoms with van der Waals surface area (Å²) in [6.07, 6.45) is 1.29. The number of nitrogens with one attached hydrogen (secondary N) is 1. The maximum absolute atomic E-state index is 13.0. The average molecular weight is 365 g/mol. The number of nitriles is 1. The van der Waals surface area contributed by atoms with Gasteiger partial charge in [-0.05, 0) is 26.2 Å². The molecular weight excluding hydrogens is 342 g/mol. The SMILES string of the molecule is C=CC(=O)N1CC(Nc2c(C#N)c(=O)n(CCN(C)C)c3ccccc23)C1. The highest BCUT2D eigenvalue weighted by atomic mass is 16.2. The molecule has 1 aromatic heterocycles. The second kappa shape index (κ2) is 7.64. The van der Waals surface area contributed by atoms with Crippen molar-refractivity contribution < 1.29 is 4.79 Å². The third-order valence-electron chi connectivity index (χ3n) is 4.77. The number of hydrogen-bond donors (Lipinski definition) is 1. The van der Waals surface area contributed by atoms with Crippen LogP contribution in [0.3, 0.4) is 0 Å². The largest absolute Gasteiger partial charge is 0.377 e. The van der Waals surface area contributed by atoms with E-state index in [1.165, 1.54) is 6.08 Å². The molecule has 1 amide bonds. The molecule has 1 N–H and O–H groups in total. The average Bonchev–Trinajstić information content (AvgIpc) is 2.62. The van der Waals surface area contributed by atoms with Crippen molar-refractivity contribution in [3.8, 4) is 6.07 Å². The predicted molar refractivity (Wildman–Crippen MR) is 106 cm³/mol. The first-order valence-corrected chi connectivity index (χ1v) is 8.84. The van der Waals surface area contributed by atoms with E-state index >= 15 is 0 Å². The molecule has 1 aliphatic rings. The number of anilines is 1. The lowest BCUT2D eigenvalue weighted by molar-refractivity contribution is -0.129. The Labute approximate surface area is 158 Å². The summed E-state index contributed by atoms with van der Waals surface area (Å²) in [7, 11) is 3.89. The molecule has 140 valence electrons. The van der Waals surface area contributed by atoms with Crippen molar-refractivity contribution in [1.82, 2.24) is 14.4 Å². The Morgan fingerprint density at radius 1 is 1.41 bits per heavy atom. The van der Waals surface area contributed by atoms with Crippen molar-refractivity contribution in [3.63, 3.8) is 0 Å². The smallest absolute Gasteiger partial charge is 0.271 e. The number of amides is 1. The minimum absolute atomic E-state index is 0.00133. The Bertz CT molecular complexity index is 980. The number of rotatable bonds is 6. The molecule has 0 aliphatic carbocycles. The highest BCUT2D eigenvalue weighted by Crippen LogP contribution is 2.27. The number of carbonyl (C=O) groups excluding carboxylic acids is 1. The summed E-state index contributed by atoms with van der Waals surface area (Å²) in [5, 5.41) is 13.8. The van der Waals surface area contributed by atoms with Gasteiger partial charge < -0.3 is 19.7 Å². The van der Waals surface area contributed by atoms with Gasteiger partial charge in [-0.1, -0.05) is 24.8 Å². The summed E-state index contributed by atoms with van der Waals surface area (Å²) in [6, 6.07) is 9.67. The lowest BCUT2D eigenvalue weighted by Gasteiger charge is -2.39. The quantitative estimate of drug-likeness (QED) is 0.779. The van der Waals surface area contributed by atoms with Crippen molar-refractivity contribution in [1.29, 1.82) is 5.26 Å². The van der Waals surface area contributed by atoms with Gasteiger partial charge in [-0.15, -0.1) is 0 Å². The van der Waals surface area contributed by atoms with Crippen LogP contribution in [0.1, 0.15) is 5.56 Å². The molecule has 0 unspecified atom stereocenters. The van der Waals surface area contributed by atoms with Crippen molar-refractivity contribution in [2.24, 2.45) is 0 Å². The first-order chi connectivity index (χ1) is 13.0. The Morgan fingerprint density at radius 3 is 2.74 bits per heavy atom. The Kier molecular flexibility index (Phi) is 5.28. The molecule has 0 saturated carbocycles. The molecule has 1 saturated heterocycles. The van der Waals surface area contributed by atoms with Crippen molar-refractivity contribution in [2.75, 3.05) is 39.0 Å². The van der Waals surface area contributed by atoms with Gasteiger partial charge in [0, 0.05) is 31.6 Å². The molecule has 0 bridgehead atoms. The number of carbonyl (C=O) groups is 1. The van der Waals surface area contributed by atoms with E-state index < -0.39 is 0 Å². The van der Waals surface area contributed by atoms with Gasteiger partial charge >= 0.3 is 0 Å². The van der Waals surface area contributed by atoms with Gasteiger partial charge in [0.25, 0.3) is 5.56 Å². The van der Waals surface area contributed by atoms with Gasteiger partial charge in [0.2, 0.25) is 5.91 Å². The van der Waals surface area contributed by atoms with Crippen molar-refractivity contribution in [2.45, 2.75) is 12.6 Å². The fourth-order valence-corrected chi connectivity index (χ4v) is 3.27. The highest BCUT2D eigenvalue weighted by molar-refractivity contribution is 5.95. The number of fused-ring (bicyclic) bond motifs is 1. The molecule has 1 aromatic carbocycles. The molecule has 7 nitrogen and oxygen atoms in total. The fraction of sp³-hybridized carbons (Fsp3) is 0.350. The summed E-state index contributed by atoms with van der Waals surface area (Å²) >= 11 is 0. The van der Waals surface area contributed by atoms with E-state index in [9.17, 15) is 14.9 Å². The highest BCUT2D eigenvalue weighted by Gasteiger charge is 2.30. The number of para-hydroxylation sites is 1. The van der Waals surface area contributed by atoms with Crippen LogP contribution in [0, 0.1) is 11.3 Å². The third-order valence-corrected chi connectivity index (χ3v) is 4.77. The van der Waals surface area contributed by atoms with Crippen LogP contribution < -0.4 is 10.9 Å². The molecule has 0 spiro atoms. The topological polar surface area (TPSA) is 81.4 Å². The monoisotopic (exact) mass is 365 g/mol. The summed E-state index contributed by atoms with van der Waals surface area (Å²) in [4.78, 5) is 28.2. The maximum Gasteiger partial charge on any atom is 0.271 e. The summed E-state index contributed by atoms with van der Waals surface area (Å²) < 4.78 is 1.66. The van der Waals surface area contributed by atoms with Crippen LogP contribution in [-0.2, 0) is 11.3 Å². The van der Waals surface area contributed by atoms with Crippen LogP contribution in [0.2, 0.25) is 0 Å². The number of nitrogens with zero attached hydrogens (tertiary/aromatic N) is 4. The maximum atomic E-state index is 13.0. The molecule has 0 atom stereocenters. The second-order valence-electron chi connectivity index (χ2n) is 6.93. The van der Waals surface area contributed by atoms with E-state index in [1.54, 1.807) is 9.47 Å². The lowest BCUT2D eigenvalue weighted by atomic mass is 10.0. The molecule has 3 rings (SSSR count). The van der Waals surface area contributed by atoms with Gasteiger partial charge in [0.05, 0.1) is 17.2 Å². The standard InChI is InChI=1S/C20H23N5O2/c1-4-18(26)24-12-14(13-24)22-19-15-7-5-6-8-17(15)25(10-9-23(2)3)20(27)16(19)11-21/h4-8,14,22H,1,9-10,12-13H2,2-3H3. The molecular formula is C20H23N5O2. The summed E-state index contributed by atoms with van der Waals surface area (Å²) in [5.74, 6) is -0.113. The van der Waals surface area contributed by atoms with E-state index in [-0.39, 0.29) is 23.1 Å². The van der Waals surface area contributed by atoms with Gasteiger partial charge in [0.1, 0.15) is 11.6 Å². The number of pyridine rings is 1. The molecule has 1 aliphatic heterocycles. The van der Waals surface area contributed by atoms with Gasteiger partial charge in [-0.25, -0.2) is 0 Å². The second-order valence-corrected chi connectivity index (χ2v) is 6.93. The Hall–Kier alpha value is -3.11. The number of benzene rings is 1. The Balaban J connectivity index is 2.00. The van der Waals surface area contributed by atoms with Crippen LogP contribution in [0.25, 0.3) is 10.9 Å². The van der Waals surface area contributed by atoms with E-state index in [2.05, 4.69) is 18.0 Å². The minimum Gasteiger partial charge on any atom is -0.377 e. The van der Waals surface area contributed by atoms with Crippen LogP contribution in [-0.4, -0.2) is 60.0 Å². The third kappa shape index (κ3) is 3.57.